The molecule has 23 heavy (non-hydrogen) atoms. The van der Waals surface area contributed by atoms with Gasteiger partial charge in [0.25, 0.3) is 0 Å². The molecule has 0 aromatic heterocycles. The summed E-state index contributed by atoms with van der Waals surface area (Å²) in [5.41, 5.74) is -0.196. The molecule has 0 N–H and O–H groups in total. The summed E-state index contributed by atoms with van der Waals surface area (Å²) in [5, 5.41) is 0. The molecule has 1 aromatic carbocycles. The van der Waals surface area contributed by atoms with Crippen molar-refractivity contribution in [3.05, 3.63) is 34.3 Å². The van der Waals surface area contributed by atoms with Crippen LogP contribution >= 0.6 is 15.9 Å². The predicted molar refractivity (Wildman–Crippen MR) is 93.6 cm³/mol. The number of ketones is 1. The van der Waals surface area contributed by atoms with E-state index in [2.05, 4.69) is 15.9 Å². The van der Waals surface area contributed by atoms with E-state index in [1.165, 1.54) is 0 Å². The van der Waals surface area contributed by atoms with Gasteiger partial charge in [-0.1, -0.05) is 35.0 Å². The smallest absolute Gasteiger partial charge is 0.410 e. The van der Waals surface area contributed by atoms with E-state index < -0.39 is 11.0 Å². The van der Waals surface area contributed by atoms with Crippen molar-refractivity contribution in [1.29, 1.82) is 0 Å². The number of rotatable bonds is 2. The van der Waals surface area contributed by atoms with Crippen LogP contribution in [0.2, 0.25) is 0 Å². The quantitative estimate of drug-likeness (QED) is 0.699. The average Bonchev–Trinajstić information content (AvgIpc) is 2.46. The molecule has 1 aliphatic heterocycles. The highest BCUT2D eigenvalue weighted by atomic mass is 79.9. The molecule has 0 atom stereocenters. The molecule has 5 heteroatoms. The summed E-state index contributed by atoms with van der Waals surface area (Å²) in [6, 6.07) is 7.45. The molecule has 1 saturated heterocycles. The van der Waals surface area contributed by atoms with E-state index in [1.54, 1.807) is 4.90 Å². The lowest BCUT2D eigenvalue weighted by Gasteiger charge is -2.38. The Labute approximate surface area is 146 Å². The van der Waals surface area contributed by atoms with Gasteiger partial charge < -0.3 is 9.64 Å². The Balaban J connectivity index is 2.00. The van der Waals surface area contributed by atoms with Gasteiger partial charge in [0.1, 0.15) is 5.60 Å². The zero-order valence-corrected chi connectivity index (χ0v) is 15.8. The first-order chi connectivity index (χ1) is 10.6. The van der Waals surface area contributed by atoms with Crippen molar-refractivity contribution < 1.29 is 14.3 Å². The number of benzene rings is 1. The van der Waals surface area contributed by atoms with Crippen molar-refractivity contribution in [3.63, 3.8) is 0 Å². The lowest BCUT2D eigenvalue weighted by Crippen LogP contribution is -2.46. The number of halogens is 1. The first kappa shape index (κ1) is 18.0. The third-order valence-electron chi connectivity index (χ3n) is 4.17. The van der Waals surface area contributed by atoms with Crippen molar-refractivity contribution in [2.75, 3.05) is 13.1 Å². The molecule has 0 spiro atoms. The molecular weight excluding hydrogens is 358 g/mol. The van der Waals surface area contributed by atoms with Crippen LogP contribution in [0.15, 0.2) is 28.7 Å². The van der Waals surface area contributed by atoms with Crippen LogP contribution in [-0.4, -0.2) is 35.5 Å². The standard InChI is InChI=1S/C18H24BrNO3/c1-17(2,3)23-16(22)20-11-9-18(4,10-12-20)15(21)13-5-7-14(19)8-6-13/h5-8H,9-12H2,1-4H3. The fourth-order valence-corrected chi connectivity index (χ4v) is 2.95. The van der Waals surface area contributed by atoms with E-state index in [1.807, 2.05) is 52.0 Å². The van der Waals surface area contributed by atoms with Gasteiger partial charge in [-0.05, 0) is 45.7 Å². The second-order valence-electron chi connectivity index (χ2n) is 7.36. The van der Waals surface area contributed by atoms with Gasteiger partial charge in [0, 0.05) is 28.5 Å². The van der Waals surface area contributed by atoms with Gasteiger partial charge in [-0.25, -0.2) is 4.79 Å². The third kappa shape index (κ3) is 4.56. The normalized spacial score (nSPS) is 17.7. The van der Waals surface area contributed by atoms with Crippen LogP contribution in [0.1, 0.15) is 50.9 Å². The summed E-state index contributed by atoms with van der Waals surface area (Å²) >= 11 is 3.38. The molecule has 1 heterocycles. The minimum Gasteiger partial charge on any atom is -0.444 e. The largest absolute Gasteiger partial charge is 0.444 e. The van der Waals surface area contributed by atoms with Crippen molar-refractivity contribution in [2.24, 2.45) is 5.41 Å². The number of likely N-dealkylation sites (tertiary alicyclic amines) is 1. The number of nitrogens with zero attached hydrogens (tertiary/aromatic N) is 1. The molecule has 0 unspecified atom stereocenters. The third-order valence-corrected chi connectivity index (χ3v) is 4.70. The zero-order valence-electron chi connectivity index (χ0n) is 14.2. The topological polar surface area (TPSA) is 46.6 Å². The Morgan fingerprint density at radius 3 is 2.13 bits per heavy atom. The van der Waals surface area contributed by atoms with Gasteiger partial charge in [0.15, 0.2) is 5.78 Å². The number of hydrogen-bond acceptors (Lipinski definition) is 3. The molecular formula is C18H24BrNO3. The fraction of sp³-hybridized carbons (Fsp3) is 0.556. The molecule has 2 rings (SSSR count). The summed E-state index contributed by atoms with van der Waals surface area (Å²) < 4.78 is 6.36. The Morgan fingerprint density at radius 2 is 1.65 bits per heavy atom. The van der Waals surface area contributed by atoms with Gasteiger partial charge in [-0.15, -0.1) is 0 Å². The van der Waals surface area contributed by atoms with Crippen molar-refractivity contribution in [1.82, 2.24) is 4.90 Å². The minimum atomic E-state index is -0.495. The van der Waals surface area contributed by atoms with Crippen LogP contribution in [0.5, 0.6) is 0 Å². The number of piperidine rings is 1. The SMILES string of the molecule is CC(C)(C)OC(=O)N1CCC(C)(C(=O)c2ccc(Br)cc2)CC1. The van der Waals surface area contributed by atoms with Gasteiger partial charge in [0.05, 0.1) is 0 Å². The molecule has 0 radical (unpaired) electrons. The first-order valence-electron chi connectivity index (χ1n) is 7.89. The summed E-state index contributed by atoms with van der Waals surface area (Å²) in [6.45, 7) is 8.66. The number of hydrogen-bond donors (Lipinski definition) is 0. The molecule has 1 fully saturated rings. The monoisotopic (exact) mass is 381 g/mol. The summed E-state index contributed by atoms with van der Waals surface area (Å²) in [7, 11) is 0. The zero-order chi connectivity index (χ0) is 17.3. The number of carbonyl (C=O) groups excluding carboxylic acids is 2. The van der Waals surface area contributed by atoms with Crippen molar-refractivity contribution in [2.45, 2.75) is 46.1 Å². The van der Waals surface area contributed by atoms with Crippen molar-refractivity contribution >= 4 is 27.8 Å². The summed E-state index contributed by atoms with van der Waals surface area (Å²) in [4.78, 5) is 26.6. The van der Waals surface area contributed by atoms with Gasteiger partial charge in [-0.2, -0.15) is 0 Å². The Kier molecular flexibility index (Phi) is 5.19. The minimum absolute atomic E-state index is 0.147. The maximum absolute atomic E-state index is 12.8. The summed E-state index contributed by atoms with van der Waals surface area (Å²) in [6.07, 6.45) is 1.01. The van der Waals surface area contributed by atoms with Crippen LogP contribution in [-0.2, 0) is 4.74 Å². The number of carbonyl (C=O) groups is 2. The van der Waals surface area contributed by atoms with E-state index >= 15 is 0 Å². The molecule has 1 amide bonds. The maximum atomic E-state index is 12.8. The number of ether oxygens (including phenoxy) is 1. The highest BCUT2D eigenvalue weighted by Gasteiger charge is 2.39. The molecule has 1 aliphatic rings. The number of amides is 1. The second-order valence-corrected chi connectivity index (χ2v) is 8.28. The van der Waals surface area contributed by atoms with E-state index in [0.717, 1.165) is 10.0 Å². The number of Topliss-reactive ketones (excluding diaryl/α,β-unsaturated/α-hetero) is 1. The highest BCUT2D eigenvalue weighted by Crippen LogP contribution is 2.35. The fourth-order valence-electron chi connectivity index (χ4n) is 2.69. The predicted octanol–water partition coefficient (Wildman–Crippen LogP) is 4.67. The second kappa shape index (κ2) is 6.63. The van der Waals surface area contributed by atoms with Crippen LogP contribution in [0, 0.1) is 5.41 Å². The molecule has 1 aromatic rings. The van der Waals surface area contributed by atoms with E-state index in [0.29, 0.717) is 25.9 Å². The van der Waals surface area contributed by atoms with Gasteiger partial charge in [-0.3, -0.25) is 4.79 Å². The van der Waals surface area contributed by atoms with Crippen LogP contribution in [0.4, 0.5) is 4.79 Å². The van der Waals surface area contributed by atoms with E-state index in [-0.39, 0.29) is 11.9 Å². The van der Waals surface area contributed by atoms with Crippen LogP contribution in [0.25, 0.3) is 0 Å². The maximum Gasteiger partial charge on any atom is 0.410 e. The van der Waals surface area contributed by atoms with Crippen molar-refractivity contribution in [3.8, 4) is 0 Å². The van der Waals surface area contributed by atoms with Gasteiger partial charge >= 0.3 is 6.09 Å². The van der Waals surface area contributed by atoms with Gasteiger partial charge in [0.2, 0.25) is 0 Å². The first-order valence-corrected chi connectivity index (χ1v) is 8.68. The summed E-state index contributed by atoms with van der Waals surface area (Å²) in [5.74, 6) is 0.147. The highest BCUT2D eigenvalue weighted by molar-refractivity contribution is 9.10. The van der Waals surface area contributed by atoms with Crippen LogP contribution in [0.3, 0.4) is 0 Å². The lowest BCUT2D eigenvalue weighted by molar-refractivity contribution is 0.0122. The average molecular weight is 382 g/mol. The van der Waals surface area contributed by atoms with Crippen LogP contribution < -0.4 is 0 Å². The Hall–Kier alpha value is -1.36. The van der Waals surface area contributed by atoms with E-state index in [4.69, 9.17) is 4.74 Å². The van der Waals surface area contributed by atoms with E-state index in [9.17, 15) is 9.59 Å². The molecule has 0 bridgehead atoms. The Morgan fingerprint density at radius 1 is 1.13 bits per heavy atom. The lowest BCUT2D eigenvalue weighted by atomic mass is 9.74. The Bertz CT molecular complexity index is 581. The molecule has 4 nitrogen and oxygen atoms in total. The molecule has 0 saturated carbocycles. The molecule has 0 aliphatic carbocycles. The molecule has 126 valence electrons.